The fourth-order valence-electron chi connectivity index (χ4n) is 2.41. The second-order valence-corrected chi connectivity index (χ2v) is 4.37. The number of nitrogens with two attached hydrogens (primary N) is 1. The fourth-order valence-corrected chi connectivity index (χ4v) is 2.41. The quantitative estimate of drug-likeness (QED) is 0.535. The summed E-state index contributed by atoms with van der Waals surface area (Å²) in [7, 11) is 0. The van der Waals surface area contributed by atoms with Crippen LogP contribution in [0, 0.1) is 5.41 Å². The molecule has 0 amide bonds. The van der Waals surface area contributed by atoms with E-state index < -0.39 is 0 Å². The van der Waals surface area contributed by atoms with Crippen molar-refractivity contribution >= 4 is 5.84 Å². The van der Waals surface area contributed by atoms with Gasteiger partial charge in [-0.15, -0.1) is 0 Å². The zero-order valence-corrected chi connectivity index (χ0v) is 9.42. The number of rotatable bonds is 4. The minimum absolute atomic E-state index is 0.328. The summed E-state index contributed by atoms with van der Waals surface area (Å²) in [5, 5.41) is 7.36. The summed E-state index contributed by atoms with van der Waals surface area (Å²) in [5.74, 6) is 0.328. The zero-order valence-electron chi connectivity index (χ0n) is 9.42. The molecular weight excluding hydrogens is 174 g/mol. The van der Waals surface area contributed by atoms with Crippen LogP contribution in [0.5, 0.6) is 0 Å². The van der Waals surface area contributed by atoms with E-state index in [9.17, 15) is 0 Å². The topological polar surface area (TPSA) is 53.1 Å². The Morgan fingerprint density at radius 1 is 1.57 bits per heavy atom. The third kappa shape index (κ3) is 2.98. The molecule has 0 spiro atoms. The number of likely N-dealkylation sites (tertiary alicyclic amines) is 1. The summed E-state index contributed by atoms with van der Waals surface area (Å²) in [5.41, 5.74) is 5.48. The maximum Gasteiger partial charge on any atom is 0.0921 e. The molecule has 0 aromatic carbocycles. The molecule has 1 rings (SSSR count). The lowest BCUT2D eigenvalue weighted by Gasteiger charge is -2.39. The van der Waals surface area contributed by atoms with Crippen LogP contribution in [0.1, 0.15) is 46.0 Å². The molecular formula is C11H23N3. The van der Waals surface area contributed by atoms with Crippen LogP contribution in [0.15, 0.2) is 0 Å². The van der Waals surface area contributed by atoms with Gasteiger partial charge in [-0.25, -0.2) is 0 Å². The predicted molar refractivity (Wildman–Crippen MR) is 60.6 cm³/mol. The van der Waals surface area contributed by atoms with E-state index in [0.29, 0.717) is 17.9 Å². The molecule has 0 aromatic heterocycles. The van der Waals surface area contributed by atoms with Crippen molar-refractivity contribution in [3.8, 4) is 0 Å². The number of hydrogen-bond donors (Lipinski definition) is 2. The van der Waals surface area contributed by atoms with Crippen LogP contribution in [0.3, 0.4) is 0 Å². The Bertz CT molecular complexity index is 191. The van der Waals surface area contributed by atoms with Gasteiger partial charge in [0.15, 0.2) is 0 Å². The first-order valence-electron chi connectivity index (χ1n) is 5.73. The second kappa shape index (κ2) is 5.35. The molecule has 0 bridgehead atoms. The molecule has 0 radical (unpaired) electrons. The molecule has 3 nitrogen and oxygen atoms in total. The van der Waals surface area contributed by atoms with Crippen molar-refractivity contribution < 1.29 is 0 Å². The summed E-state index contributed by atoms with van der Waals surface area (Å²) in [6.45, 7) is 5.67. The van der Waals surface area contributed by atoms with Gasteiger partial charge in [0.05, 0.1) is 5.84 Å². The molecule has 2 atom stereocenters. The summed E-state index contributed by atoms with van der Waals surface area (Å²) < 4.78 is 0. The molecule has 3 heteroatoms. The Labute approximate surface area is 87.2 Å². The highest BCUT2D eigenvalue weighted by molar-refractivity contribution is 5.77. The first kappa shape index (κ1) is 11.5. The van der Waals surface area contributed by atoms with Crippen LogP contribution in [-0.2, 0) is 0 Å². The molecule has 14 heavy (non-hydrogen) atoms. The van der Waals surface area contributed by atoms with E-state index in [2.05, 4.69) is 18.7 Å². The van der Waals surface area contributed by atoms with Gasteiger partial charge in [0.1, 0.15) is 0 Å². The Kier molecular flexibility index (Phi) is 4.39. The van der Waals surface area contributed by atoms with Crippen LogP contribution >= 0.6 is 0 Å². The van der Waals surface area contributed by atoms with E-state index >= 15 is 0 Å². The molecule has 1 saturated heterocycles. The molecule has 1 fully saturated rings. The van der Waals surface area contributed by atoms with Gasteiger partial charge < -0.3 is 5.73 Å². The Morgan fingerprint density at radius 3 is 2.79 bits per heavy atom. The van der Waals surface area contributed by atoms with E-state index in [-0.39, 0.29) is 0 Å². The average Bonchev–Trinajstić information content (AvgIpc) is 2.15. The minimum Gasteiger partial charge on any atom is -0.388 e. The first-order chi connectivity index (χ1) is 6.65. The molecule has 0 aromatic rings. The number of nitrogens with zero attached hydrogens (tertiary/aromatic N) is 1. The van der Waals surface area contributed by atoms with Crippen molar-refractivity contribution in [1.82, 2.24) is 4.90 Å². The number of piperidine rings is 1. The fraction of sp³-hybridized carbons (Fsp3) is 0.909. The minimum atomic E-state index is 0.328. The number of amidine groups is 1. The lowest BCUT2D eigenvalue weighted by Crippen LogP contribution is -2.46. The van der Waals surface area contributed by atoms with Crippen LogP contribution in [0.2, 0.25) is 0 Å². The molecule has 3 N–H and O–H groups in total. The molecule has 0 saturated carbocycles. The normalized spacial score (nSPS) is 26.0. The Morgan fingerprint density at radius 2 is 2.29 bits per heavy atom. The molecule has 1 heterocycles. The van der Waals surface area contributed by atoms with E-state index in [1.165, 1.54) is 25.8 Å². The summed E-state index contributed by atoms with van der Waals surface area (Å²) in [6.07, 6.45) is 5.80. The second-order valence-electron chi connectivity index (χ2n) is 4.37. The molecule has 0 aliphatic carbocycles. The van der Waals surface area contributed by atoms with Gasteiger partial charge in [-0.3, -0.25) is 10.3 Å². The maximum atomic E-state index is 7.36. The molecule has 1 aliphatic heterocycles. The standard InChI is InChI=1S/C11H23N3/c1-3-10(8-11(12)13)14-7-5-4-6-9(14)2/h9-10H,3-8H2,1-2H3,(H3,12,13). The lowest BCUT2D eigenvalue weighted by atomic mass is 9.98. The van der Waals surface area contributed by atoms with E-state index in [1.807, 2.05) is 0 Å². The van der Waals surface area contributed by atoms with Crippen LogP contribution < -0.4 is 5.73 Å². The van der Waals surface area contributed by atoms with Crippen LogP contribution in [-0.4, -0.2) is 29.4 Å². The molecule has 1 aliphatic rings. The number of hydrogen-bond acceptors (Lipinski definition) is 2. The largest absolute Gasteiger partial charge is 0.388 e. The van der Waals surface area contributed by atoms with Crippen molar-refractivity contribution in [2.45, 2.75) is 58.0 Å². The van der Waals surface area contributed by atoms with Gasteiger partial charge in [0, 0.05) is 18.5 Å². The number of nitrogens with one attached hydrogen (secondary N) is 1. The molecule has 82 valence electrons. The van der Waals surface area contributed by atoms with Gasteiger partial charge in [-0.1, -0.05) is 13.3 Å². The van der Waals surface area contributed by atoms with Crippen molar-refractivity contribution in [3.05, 3.63) is 0 Å². The van der Waals surface area contributed by atoms with Gasteiger partial charge in [-0.05, 0) is 32.7 Å². The summed E-state index contributed by atoms with van der Waals surface area (Å²) in [6, 6.07) is 1.16. The lowest BCUT2D eigenvalue weighted by molar-refractivity contribution is 0.105. The average molecular weight is 197 g/mol. The maximum absolute atomic E-state index is 7.36. The highest BCUT2D eigenvalue weighted by atomic mass is 15.2. The molecule has 2 unspecified atom stereocenters. The van der Waals surface area contributed by atoms with Gasteiger partial charge in [0.2, 0.25) is 0 Å². The van der Waals surface area contributed by atoms with Gasteiger partial charge in [0.25, 0.3) is 0 Å². The van der Waals surface area contributed by atoms with Crippen molar-refractivity contribution in [1.29, 1.82) is 5.41 Å². The summed E-state index contributed by atoms with van der Waals surface area (Å²) in [4.78, 5) is 2.53. The summed E-state index contributed by atoms with van der Waals surface area (Å²) >= 11 is 0. The van der Waals surface area contributed by atoms with Crippen LogP contribution in [0.25, 0.3) is 0 Å². The van der Waals surface area contributed by atoms with E-state index in [4.69, 9.17) is 11.1 Å². The smallest absolute Gasteiger partial charge is 0.0921 e. The van der Waals surface area contributed by atoms with Crippen molar-refractivity contribution in [2.75, 3.05) is 6.54 Å². The Balaban J connectivity index is 2.52. The third-order valence-corrected chi connectivity index (χ3v) is 3.25. The highest BCUT2D eigenvalue weighted by Crippen LogP contribution is 2.21. The Hall–Kier alpha value is -0.570. The van der Waals surface area contributed by atoms with E-state index in [1.54, 1.807) is 0 Å². The predicted octanol–water partition coefficient (Wildman–Crippen LogP) is 1.97. The van der Waals surface area contributed by atoms with E-state index in [0.717, 1.165) is 12.8 Å². The third-order valence-electron chi connectivity index (χ3n) is 3.25. The van der Waals surface area contributed by atoms with Gasteiger partial charge in [-0.2, -0.15) is 0 Å². The van der Waals surface area contributed by atoms with Crippen molar-refractivity contribution in [2.24, 2.45) is 5.73 Å². The monoisotopic (exact) mass is 197 g/mol. The van der Waals surface area contributed by atoms with Gasteiger partial charge >= 0.3 is 0 Å². The van der Waals surface area contributed by atoms with Crippen molar-refractivity contribution in [3.63, 3.8) is 0 Å². The zero-order chi connectivity index (χ0) is 10.6. The SMILES string of the molecule is CCC(CC(=N)N)N1CCCCC1C. The first-order valence-corrected chi connectivity index (χ1v) is 5.73. The van der Waals surface area contributed by atoms with Crippen LogP contribution in [0.4, 0.5) is 0 Å². The highest BCUT2D eigenvalue weighted by Gasteiger charge is 2.24.